The van der Waals surface area contributed by atoms with Gasteiger partial charge in [0.05, 0.1) is 19.1 Å². The SMILES string of the molecule is CSCCNC(=O)[C@@H]1CCC(=O)N(CCN2CCOCC2)C1. The van der Waals surface area contributed by atoms with Crippen molar-refractivity contribution in [3.63, 3.8) is 0 Å². The fourth-order valence-electron chi connectivity index (χ4n) is 2.85. The van der Waals surface area contributed by atoms with Gasteiger partial charge in [0.15, 0.2) is 0 Å². The van der Waals surface area contributed by atoms with Crippen LogP contribution < -0.4 is 5.32 Å². The highest BCUT2D eigenvalue weighted by Crippen LogP contribution is 2.18. The molecule has 0 bridgehead atoms. The average Bonchev–Trinajstić information content (AvgIpc) is 2.55. The lowest BCUT2D eigenvalue weighted by molar-refractivity contribution is -0.138. The van der Waals surface area contributed by atoms with E-state index in [4.69, 9.17) is 4.74 Å². The summed E-state index contributed by atoms with van der Waals surface area (Å²) in [5.41, 5.74) is 0. The molecule has 0 spiro atoms. The molecule has 0 aliphatic carbocycles. The van der Waals surface area contributed by atoms with E-state index in [1.54, 1.807) is 11.8 Å². The van der Waals surface area contributed by atoms with Crippen LogP contribution in [0.5, 0.6) is 0 Å². The van der Waals surface area contributed by atoms with Gasteiger partial charge < -0.3 is 15.0 Å². The number of thioether (sulfide) groups is 1. The Morgan fingerprint density at radius 1 is 1.36 bits per heavy atom. The third kappa shape index (κ3) is 5.44. The lowest BCUT2D eigenvalue weighted by Crippen LogP contribution is -2.49. The van der Waals surface area contributed by atoms with E-state index >= 15 is 0 Å². The molecule has 2 aliphatic heterocycles. The number of nitrogens with zero attached hydrogens (tertiary/aromatic N) is 2. The lowest BCUT2D eigenvalue weighted by atomic mass is 9.96. The number of amides is 2. The lowest BCUT2D eigenvalue weighted by Gasteiger charge is -2.34. The van der Waals surface area contributed by atoms with Crippen LogP contribution in [0.15, 0.2) is 0 Å². The maximum atomic E-state index is 12.1. The van der Waals surface area contributed by atoms with Crippen molar-refractivity contribution < 1.29 is 14.3 Å². The third-order valence-corrected chi connectivity index (χ3v) is 4.88. The van der Waals surface area contributed by atoms with Crippen LogP contribution in [0.25, 0.3) is 0 Å². The number of ether oxygens (including phenoxy) is 1. The van der Waals surface area contributed by atoms with Gasteiger partial charge in [-0.2, -0.15) is 11.8 Å². The molecule has 6 nitrogen and oxygen atoms in total. The van der Waals surface area contributed by atoms with Gasteiger partial charge in [-0.15, -0.1) is 0 Å². The van der Waals surface area contributed by atoms with E-state index < -0.39 is 0 Å². The molecule has 126 valence electrons. The summed E-state index contributed by atoms with van der Waals surface area (Å²) in [6.07, 6.45) is 3.19. The Kier molecular flexibility index (Phi) is 7.48. The van der Waals surface area contributed by atoms with Crippen molar-refractivity contribution >= 4 is 23.6 Å². The molecule has 2 aliphatic rings. The Balaban J connectivity index is 1.74. The molecule has 0 aromatic carbocycles. The topological polar surface area (TPSA) is 61.9 Å². The van der Waals surface area contributed by atoms with Crippen molar-refractivity contribution in [1.82, 2.24) is 15.1 Å². The minimum Gasteiger partial charge on any atom is -0.379 e. The first-order valence-electron chi connectivity index (χ1n) is 8.05. The molecule has 0 unspecified atom stereocenters. The second kappa shape index (κ2) is 9.37. The maximum Gasteiger partial charge on any atom is 0.224 e. The summed E-state index contributed by atoms with van der Waals surface area (Å²) >= 11 is 1.72. The highest BCUT2D eigenvalue weighted by Gasteiger charge is 2.30. The number of morpholine rings is 1. The quantitative estimate of drug-likeness (QED) is 0.668. The van der Waals surface area contributed by atoms with Gasteiger partial charge in [-0.25, -0.2) is 0 Å². The Labute approximate surface area is 136 Å². The van der Waals surface area contributed by atoms with Crippen LogP contribution in [-0.2, 0) is 14.3 Å². The van der Waals surface area contributed by atoms with E-state index in [-0.39, 0.29) is 17.7 Å². The van der Waals surface area contributed by atoms with Crippen LogP contribution in [0.3, 0.4) is 0 Å². The molecule has 0 radical (unpaired) electrons. The van der Waals surface area contributed by atoms with E-state index in [0.717, 1.165) is 38.6 Å². The van der Waals surface area contributed by atoms with E-state index in [2.05, 4.69) is 10.2 Å². The van der Waals surface area contributed by atoms with Crippen molar-refractivity contribution in [2.45, 2.75) is 12.8 Å². The van der Waals surface area contributed by atoms with Crippen molar-refractivity contribution in [1.29, 1.82) is 0 Å². The summed E-state index contributed by atoms with van der Waals surface area (Å²) < 4.78 is 5.33. The second-order valence-electron chi connectivity index (χ2n) is 5.81. The predicted octanol–water partition coefficient (Wildman–Crippen LogP) is 0.0364. The molecule has 2 heterocycles. The van der Waals surface area contributed by atoms with Gasteiger partial charge >= 0.3 is 0 Å². The predicted molar refractivity (Wildman–Crippen MR) is 88.0 cm³/mol. The highest BCUT2D eigenvalue weighted by molar-refractivity contribution is 7.98. The maximum absolute atomic E-state index is 12.1. The van der Waals surface area contributed by atoms with Gasteiger partial charge in [0, 0.05) is 51.4 Å². The van der Waals surface area contributed by atoms with Crippen LogP contribution in [0, 0.1) is 5.92 Å². The average molecular weight is 329 g/mol. The first-order valence-corrected chi connectivity index (χ1v) is 9.44. The van der Waals surface area contributed by atoms with Crippen molar-refractivity contribution in [3.05, 3.63) is 0 Å². The molecule has 1 atom stereocenters. The number of carbonyl (C=O) groups excluding carboxylic acids is 2. The van der Waals surface area contributed by atoms with Crippen LogP contribution in [0.2, 0.25) is 0 Å². The van der Waals surface area contributed by atoms with Crippen molar-refractivity contribution in [3.8, 4) is 0 Å². The van der Waals surface area contributed by atoms with E-state index in [1.165, 1.54) is 0 Å². The molecule has 2 fully saturated rings. The largest absolute Gasteiger partial charge is 0.379 e. The first-order chi connectivity index (χ1) is 10.7. The zero-order valence-corrected chi connectivity index (χ0v) is 14.2. The first kappa shape index (κ1) is 17.6. The second-order valence-corrected chi connectivity index (χ2v) is 6.80. The number of piperidine rings is 1. The van der Waals surface area contributed by atoms with Gasteiger partial charge in [0.2, 0.25) is 11.8 Å². The monoisotopic (exact) mass is 329 g/mol. The molecular formula is C15H27N3O3S. The zero-order valence-electron chi connectivity index (χ0n) is 13.4. The number of rotatable bonds is 7. The summed E-state index contributed by atoms with van der Waals surface area (Å²) in [5, 5.41) is 2.97. The Hall–Kier alpha value is -0.790. The van der Waals surface area contributed by atoms with Gasteiger partial charge in [-0.1, -0.05) is 0 Å². The number of hydrogen-bond acceptors (Lipinski definition) is 5. The van der Waals surface area contributed by atoms with Crippen LogP contribution >= 0.6 is 11.8 Å². The number of carbonyl (C=O) groups is 2. The molecule has 2 rings (SSSR count). The molecule has 2 amide bonds. The molecule has 22 heavy (non-hydrogen) atoms. The summed E-state index contributed by atoms with van der Waals surface area (Å²) in [5.74, 6) is 1.15. The van der Waals surface area contributed by atoms with E-state index in [1.807, 2.05) is 11.2 Å². The molecule has 1 N–H and O–H groups in total. The van der Waals surface area contributed by atoms with Crippen molar-refractivity contribution in [2.24, 2.45) is 5.92 Å². The number of likely N-dealkylation sites (tertiary alicyclic amines) is 1. The van der Waals surface area contributed by atoms with Crippen LogP contribution in [0.4, 0.5) is 0 Å². The fourth-order valence-corrected chi connectivity index (χ4v) is 3.16. The summed E-state index contributed by atoms with van der Waals surface area (Å²) in [6.45, 7) is 6.26. The smallest absolute Gasteiger partial charge is 0.224 e. The van der Waals surface area contributed by atoms with E-state index in [9.17, 15) is 9.59 Å². The molecule has 0 saturated carbocycles. The zero-order chi connectivity index (χ0) is 15.8. The number of hydrogen-bond donors (Lipinski definition) is 1. The Bertz CT molecular complexity index is 375. The minimum atomic E-state index is -0.0516. The Morgan fingerprint density at radius 3 is 2.86 bits per heavy atom. The molecule has 0 aromatic heterocycles. The summed E-state index contributed by atoms with van der Waals surface area (Å²) in [4.78, 5) is 28.4. The molecule has 7 heteroatoms. The summed E-state index contributed by atoms with van der Waals surface area (Å²) in [7, 11) is 0. The minimum absolute atomic E-state index is 0.0516. The van der Waals surface area contributed by atoms with Gasteiger partial charge in [-0.05, 0) is 12.7 Å². The van der Waals surface area contributed by atoms with Gasteiger partial charge in [0.1, 0.15) is 0 Å². The van der Waals surface area contributed by atoms with Gasteiger partial charge in [0.25, 0.3) is 0 Å². The van der Waals surface area contributed by atoms with E-state index in [0.29, 0.717) is 32.5 Å². The Morgan fingerprint density at radius 2 is 2.14 bits per heavy atom. The number of nitrogens with one attached hydrogen (secondary N) is 1. The summed E-state index contributed by atoms with van der Waals surface area (Å²) in [6, 6.07) is 0. The van der Waals surface area contributed by atoms with Gasteiger partial charge in [-0.3, -0.25) is 14.5 Å². The van der Waals surface area contributed by atoms with Crippen LogP contribution in [-0.4, -0.2) is 86.1 Å². The standard InChI is InChI=1S/C15H27N3O3S/c1-22-11-4-16-15(20)13-2-3-14(19)18(12-13)6-5-17-7-9-21-10-8-17/h13H,2-12H2,1H3,(H,16,20)/t13-/m1/s1. The third-order valence-electron chi connectivity index (χ3n) is 4.27. The fraction of sp³-hybridized carbons (Fsp3) is 0.867. The van der Waals surface area contributed by atoms with Crippen LogP contribution in [0.1, 0.15) is 12.8 Å². The normalized spacial score (nSPS) is 23.6. The highest BCUT2D eigenvalue weighted by atomic mass is 32.2. The van der Waals surface area contributed by atoms with Crippen molar-refractivity contribution in [2.75, 3.05) is 64.5 Å². The molecule has 2 saturated heterocycles. The molecule has 0 aromatic rings. The molecular weight excluding hydrogens is 302 g/mol.